The molecule has 0 bridgehead atoms. The first-order valence-electron chi connectivity index (χ1n) is 6.98. The predicted octanol–water partition coefficient (Wildman–Crippen LogP) is 2.22. The van der Waals surface area contributed by atoms with Crippen LogP contribution in [0.2, 0.25) is 0 Å². The van der Waals surface area contributed by atoms with Crippen molar-refractivity contribution in [1.82, 2.24) is 5.32 Å². The summed E-state index contributed by atoms with van der Waals surface area (Å²) in [6.45, 7) is 0.942. The Bertz CT molecular complexity index is 406. The van der Waals surface area contributed by atoms with Crippen molar-refractivity contribution >= 4 is 17.3 Å². The van der Waals surface area contributed by atoms with Crippen molar-refractivity contribution in [2.45, 2.75) is 31.7 Å². The lowest BCUT2D eigenvalue weighted by atomic mass is 10.1. The molecule has 0 radical (unpaired) electrons. The van der Waals surface area contributed by atoms with E-state index in [0.29, 0.717) is 0 Å². The lowest BCUT2D eigenvalue weighted by Crippen LogP contribution is -2.39. The van der Waals surface area contributed by atoms with Crippen molar-refractivity contribution < 1.29 is 4.79 Å². The zero-order chi connectivity index (χ0) is 13.7. The van der Waals surface area contributed by atoms with E-state index in [9.17, 15) is 4.79 Å². The quantitative estimate of drug-likeness (QED) is 0.877. The number of benzene rings is 1. The van der Waals surface area contributed by atoms with E-state index in [4.69, 9.17) is 0 Å². The van der Waals surface area contributed by atoms with E-state index in [-0.39, 0.29) is 11.9 Å². The average Bonchev–Trinajstić information content (AvgIpc) is 2.68. The maximum atomic E-state index is 12.2. The third-order valence-corrected chi connectivity index (χ3v) is 3.53. The summed E-state index contributed by atoms with van der Waals surface area (Å²) in [5.74, 6) is 0.0829. The lowest BCUT2D eigenvalue weighted by Gasteiger charge is -2.16. The molecule has 1 heterocycles. The Morgan fingerprint density at radius 1 is 1.21 bits per heavy atom. The van der Waals surface area contributed by atoms with E-state index < -0.39 is 0 Å². The number of carbonyl (C=O) groups is 1. The minimum Gasteiger partial charge on any atom is -0.378 e. The van der Waals surface area contributed by atoms with Gasteiger partial charge in [0.1, 0.15) is 0 Å². The second-order valence-electron chi connectivity index (χ2n) is 5.29. The summed E-state index contributed by atoms with van der Waals surface area (Å²) in [6, 6.07) is 7.87. The second-order valence-corrected chi connectivity index (χ2v) is 5.29. The minimum absolute atomic E-state index is 0.0453. The molecule has 1 atom stereocenters. The van der Waals surface area contributed by atoms with Crippen molar-refractivity contribution in [3.63, 3.8) is 0 Å². The predicted molar refractivity (Wildman–Crippen MR) is 79.7 cm³/mol. The Kier molecular flexibility index (Phi) is 4.80. The molecule has 2 rings (SSSR count). The molecule has 1 aromatic carbocycles. The van der Waals surface area contributed by atoms with E-state index in [1.807, 2.05) is 43.3 Å². The van der Waals surface area contributed by atoms with Crippen LogP contribution in [-0.4, -0.2) is 32.6 Å². The zero-order valence-electron chi connectivity index (χ0n) is 11.8. The third-order valence-electron chi connectivity index (χ3n) is 3.53. The van der Waals surface area contributed by atoms with Crippen LogP contribution < -0.4 is 15.5 Å². The van der Waals surface area contributed by atoms with Gasteiger partial charge in [-0.05, 0) is 43.7 Å². The molecule has 0 saturated carbocycles. The normalized spacial score (nSPS) is 19.6. The van der Waals surface area contributed by atoms with E-state index in [1.165, 1.54) is 12.8 Å². The third kappa shape index (κ3) is 3.96. The Morgan fingerprint density at radius 2 is 1.95 bits per heavy atom. The number of nitrogens with one attached hydrogen (secondary N) is 2. The molecule has 0 aliphatic carbocycles. The van der Waals surface area contributed by atoms with Crippen LogP contribution in [0, 0.1) is 0 Å². The molecule has 0 aromatic heterocycles. The van der Waals surface area contributed by atoms with Crippen molar-refractivity contribution in [2.75, 3.05) is 30.9 Å². The lowest BCUT2D eigenvalue weighted by molar-refractivity contribution is -0.118. The first-order valence-corrected chi connectivity index (χ1v) is 6.98. The molecule has 0 spiro atoms. The van der Waals surface area contributed by atoms with Gasteiger partial charge in [0.15, 0.2) is 0 Å². The first kappa shape index (κ1) is 13.9. The molecule has 104 valence electrons. The van der Waals surface area contributed by atoms with E-state index >= 15 is 0 Å². The van der Waals surface area contributed by atoms with Gasteiger partial charge in [-0.2, -0.15) is 0 Å². The highest BCUT2D eigenvalue weighted by atomic mass is 16.2. The van der Waals surface area contributed by atoms with Gasteiger partial charge in [-0.15, -0.1) is 0 Å². The number of nitrogens with zero attached hydrogens (tertiary/aromatic N) is 1. The van der Waals surface area contributed by atoms with Crippen LogP contribution in [0.5, 0.6) is 0 Å². The van der Waals surface area contributed by atoms with E-state index in [1.54, 1.807) is 0 Å². The number of carbonyl (C=O) groups excluding carboxylic acids is 1. The molecular weight excluding hydrogens is 238 g/mol. The summed E-state index contributed by atoms with van der Waals surface area (Å²) in [5, 5.41) is 6.30. The van der Waals surface area contributed by atoms with Gasteiger partial charge >= 0.3 is 0 Å². The van der Waals surface area contributed by atoms with Gasteiger partial charge in [0.25, 0.3) is 0 Å². The Balaban J connectivity index is 1.94. The Labute approximate surface area is 115 Å². The van der Waals surface area contributed by atoms with Crippen molar-refractivity contribution in [2.24, 2.45) is 0 Å². The summed E-state index contributed by atoms with van der Waals surface area (Å²) < 4.78 is 0. The second kappa shape index (κ2) is 6.57. The monoisotopic (exact) mass is 261 g/mol. The topological polar surface area (TPSA) is 44.4 Å². The van der Waals surface area contributed by atoms with E-state index in [0.717, 1.165) is 30.8 Å². The molecule has 1 unspecified atom stereocenters. The van der Waals surface area contributed by atoms with Crippen LogP contribution in [0.1, 0.15) is 25.7 Å². The molecule has 1 fully saturated rings. The van der Waals surface area contributed by atoms with Gasteiger partial charge in [0.05, 0.1) is 6.04 Å². The van der Waals surface area contributed by atoms with Crippen LogP contribution in [0.4, 0.5) is 11.4 Å². The zero-order valence-corrected chi connectivity index (χ0v) is 11.8. The molecule has 1 aromatic rings. The van der Waals surface area contributed by atoms with Gasteiger partial charge in [-0.1, -0.05) is 12.8 Å². The van der Waals surface area contributed by atoms with Crippen molar-refractivity contribution in [1.29, 1.82) is 0 Å². The van der Waals surface area contributed by atoms with Crippen LogP contribution in [0.3, 0.4) is 0 Å². The number of rotatable bonds is 3. The van der Waals surface area contributed by atoms with Gasteiger partial charge in [0.2, 0.25) is 5.91 Å². The fourth-order valence-electron chi connectivity index (χ4n) is 2.32. The average molecular weight is 261 g/mol. The molecule has 1 aliphatic rings. The number of anilines is 2. The van der Waals surface area contributed by atoms with Crippen molar-refractivity contribution in [3.8, 4) is 0 Å². The summed E-state index contributed by atoms with van der Waals surface area (Å²) >= 11 is 0. The smallest absolute Gasteiger partial charge is 0.241 e. The van der Waals surface area contributed by atoms with Crippen LogP contribution >= 0.6 is 0 Å². The Morgan fingerprint density at radius 3 is 2.63 bits per heavy atom. The summed E-state index contributed by atoms with van der Waals surface area (Å²) in [5.41, 5.74) is 1.99. The summed E-state index contributed by atoms with van der Waals surface area (Å²) in [7, 11) is 4.01. The highest BCUT2D eigenvalue weighted by Gasteiger charge is 2.19. The SMILES string of the molecule is CN(C)c1ccc(NC(=O)C2CCCCCN2)cc1. The number of amides is 1. The van der Waals surface area contributed by atoms with Gasteiger partial charge < -0.3 is 15.5 Å². The fourth-order valence-corrected chi connectivity index (χ4v) is 2.32. The molecule has 2 N–H and O–H groups in total. The molecule has 1 aliphatic heterocycles. The maximum absolute atomic E-state index is 12.2. The molecule has 4 heteroatoms. The molecule has 1 saturated heterocycles. The Hall–Kier alpha value is -1.55. The number of hydrogen-bond donors (Lipinski definition) is 2. The molecule has 1 amide bonds. The van der Waals surface area contributed by atoms with Crippen molar-refractivity contribution in [3.05, 3.63) is 24.3 Å². The van der Waals surface area contributed by atoms with E-state index in [2.05, 4.69) is 10.6 Å². The van der Waals surface area contributed by atoms with Crippen LogP contribution in [0.15, 0.2) is 24.3 Å². The maximum Gasteiger partial charge on any atom is 0.241 e. The highest BCUT2D eigenvalue weighted by Crippen LogP contribution is 2.16. The standard InChI is InChI=1S/C15H23N3O/c1-18(2)13-9-7-12(8-10-13)17-15(19)14-6-4-3-5-11-16-14/h7-10,14,16H,3-6,11H2,1-2H3,(H,17,19). The molecule has 4 nitrogen and oxygen atoms in total. The first-order chi connectivity index (χ1) is 9.16. The summed E-state index contributed by atoms with van der Waals surface area (Å²) in [4.78, 5) is 14.2. The van der Waals surface area contributed by atoms with Crippen LogP contribution in [0.25, 0.3) is 0 Å². The summed E-state index contributed by atoms with van der Waals surface area (Å²) in [6.07, 6.45) is 4.45. The number of hydrogen-bond acceptors (Lipinski definition) is 3. The van der Waals surface area contributed by atoms with Gasteiger partial charge in [0, 0.05) is 25.5 Å². The van der Waals surface area contributed by atoms with Gasteiger partial charge in [-0.3, -0.25) is 4.79 Å². The molecule has 19 heavy (non-hydrogen) atoms. The van der Waals surface area contributed by atoms with Gasteiger partial charge in [-0.25, -0.2) is 0 Å². The largest absolute Gasteiger partial charge is 0.378 e. The highest BCUT2D eigenvalue weighted by molar-refractivity contribution is 5.95. The van der Waals surface area contributed by atoms with Crippen LogP contribution in [-0.2, 0) is 4.79 Å². The molecular formula is C15H23N3O. The fraction of sp³-hybridized carbons (Fsp3) is 0.533. The minimum atomic E-state index is -0.0453.